The zero-order valence-corrected chi connectivity index (χ0v) is 17.4. The van der Waals surface area contributed by atoms with E-state index >= 15 is 0 Å². The molecule has 0 saturated heterocycles. The van der Waals surface area contributed by atoms with Crippen molar-refractivity contribution in [2.75, 3.05) is 12.4 Å². The van der Waals surface area contributed by atoms with Gasteiger partial charge in [0.25, 0.3) is 5.91 Å². The lowest BCUT2D eigenvalue weighted by atomic mass is 10.0. The van der Waals surface area contributed by atoms with Crippen molar-refractivity contribution in [3.63, 3.8) is 0 Å². The molecule has 0 fully saturated rings. The van der Waals surface area contributed by atoms with Crippen LogP contribution >= 0.6 is 11.6 Å². The number of carbonyl (C=O) groups is 1. The van der Waals surface area contributed by atoms with Crippen LogP contribution in [0.2, 0.25) is 5.02 Å². The Labute approximate surface area is 179 Å². The molecule has 0 bridgehead atoms. The van der Waals surface area contributed by atoms with Crippen molar-refractivity contribution in [1.29, 1.82) is 0 Å². The Morgan fingerprint density at radius 1 is 1.27 bits per heavy atom. The number of aromatic nitrogens is 2. The Bertz CT molecular complexity index is 1110. The fraction of sp³-hybridized carbons (Fsp3) is 0.227. The lowest BCUT2D eigenvalue weighted by Gasteiger charge is -2.09. The summed E-state index contributed by atoms with van der Waals surface area (Å²) in [5, 5.41) is 12.0. The maximum Gasteiger partial charge on any atom is 0.269 e. The number of rotatable bonds is 6. The van der Waals surface area contributed by atoms with E-state index in [2.05, 4.69) is 15.6 Å². The van der Waals surface area contributed by atoms with Crippen molar-refractivity contribution in [1.82, 2.24) is 9.78 Å². The Morgan fingerprint density at radius 3 is 2.83 bits per heavy atom. The third-order valence-corrected chi connectivity index (χ3v) is 5.26. The Balaban J connectivity index is 1.41. The van der Waals surface area contributed by atoms with E-state index < -0.39 is 6.10 Å². The number of amides is 1. The smallest absolute Gasteiger partial charge is 0.269 e. The summed E-state index contributed by atoms with van der Waals surface area (Å²) < 4.78 is 7.16. The number of benzene rings is 2. The molecule has 1 aliphatic heterocycles. The molecule has 8 heteroatoms. The number of anilines is 1. The molecule has 2 aromatic carbocycles. The second-order valence-electron chi connectivity index (χ2n) is 6.95. The maximum absolute atomic E-state index is 12.7. The topological polar surface area (TPSA) is 77.7 Å². The molecule has 2 heterocycles. The van der Waals surface area contributed by atoms with Gasteiger partial charge in [-0.15, -0.1) is 0 Å². The monoisotopic (exact) mass is 424 g/mol. The molecule has 1 aliphatic rings. The molecule has 1 amide bonds. The third-order valence-electron chi connectivity index (χ3n) is 4.89. The van der Waals surface area contributed by atoms with Crippen molar-refractivity contribution in [2.24, 2.45) is 5.16 Å². The SMILES string of the molecule is COc1ccccc1C1=NOC(C(=O)Nc2cc(C)n(Cc3ccccc3Cl)n2)C1. The van der Waals surface area contributed by atoms with E-state index in [0.717, 1.165) is 16.8 Å². The molecule has 1 atom stereocenters. The minimum Gasteiger partial charge on any atom is -0.496 e. The van der Waals surface area contributed by atoms with Gasteiger partial charge in [0.15, 0.2) is 5.82 Å². The van der Waals surface area contributed by atoms with Crippen molar-refractivity contribution >= 4 is 29.0 Å². The number of nitrogens with zero attached hydrogens (tertiary/aromatic N) is 3. The van der Waals surface area contributed by atoms with Crippen LogP contribution in [0, 0.1) is 6.92 Å². The number of oxime groups is 1. The largest absolute Gasteiger partial charge is 0.496 e. The number of halogens is 1. The van der Waals surface area contributed by atoms with Gasteiger partial charge in [0.2, 0.25) is 6.10 Å². The number of aryl methyl sites for hydroxylation is 1. The molecule has 3 aromatic rings. The van der Waals surface area contributed by atoms with Gasteiger partial charge in [-0.2, -0.15) is 5.10 Å². The molecule has 1 unspecified atom stereocenters. The van der Waals surface area contributed by atoms with Crippen LogP contribution in [0.1, 0.15) is 23.2 Å². The first-order valence-corrected chi connectivity index (χ1v) is 9.87. The van der Waals surface area contributed by atoms with E-state index in [4.69, 9.17) is 21.2 Å². The number of methoxy groups -OCH3 is 1. The van der Waals surface area contributed by atoms with Gasteiger partial charge in [0.1, 0.15) is 5.75 Å². The molecule has 7 nitrogen and oxygen atoms in total. The van der Waals surface area contributed by atoms with Gasteiger partial charge >= 0.3 is 0 Å². The van der Waals surface area contributed by atoms with Gasteiger partial charge in [0.05, 0.1) is 19.4 Å². The van der Waals surface area contributed by atoms with Crippen LogP contribution in [0.15, 0.2) is 59.8 Å². The lowest BCUT2D eigenvalue weighted by molar-refractivity contribution is -0.125. The predicted molar refractivity (Wildman–Crippen MR) is 115 cm³/mol. The molecule has 0 aliphatic carbocycles. The quantitative estimate of drug-likeness (QED) is 0.648. The van der Waals surface area contributed by atoms with Crippen LogP contribution < -0.4 is 10.1 Å². The molecule has 1 N–H and O–H groups in total. The molecule has 0 saturated carbocycles. The van der Waals surface area contributed by atoms with Gasteiger partial charge in [-0.25, -0.2) is 0 Å². The highest BCUT2D eigenvalue weighted by molar-refractivity contribution is 6.31. The molecule has 0 radical (unpaired) electrons. The van der Waals surface area contributed by atoms with Crippen molar-refractivity contribution < 1.29 is 14.4 Å². The summed E-state index contributed by atoms with van der Waals surface area (Å²) in [7, 11) is 1.60. The number of para-hydroxylation sites is 1. The lowest BCUT2D eigenvalue weighted by Crippen LogP contribution is -2.28. The molecular formula is C22H21ClN4O3. The van der Waals surface area contributed by atoms with Crippen LogP contribution in [-0.4, -0.2) is 34.6 Å². The van der Waals surface area contributed by atoms with E-state index in [-0.39, 0.29) is 5.91 Å². The standard InChI is InChI=1S/C22H21ClN4O3/c1-14-11-21(25-27(14)13-15-7-3-5-9-17(15)23)24-22(28)20-12-18(26-30-20)16-8-4-6-10-19(16)29-2/h3-11,20H,12-13H2,1-2H3,(H,24,25,28). The van der Waals surface area contributed by atoms with Gasteiger partial charge in [-0.05, 0) is 30.7 Å². The van der Waals surface area contributed by atoms with Gasteiger partial charge in [-0.1, -0.05) is 47.1 Å². The van der Waals surface area contributed by atoms with E-state index in [0.29, 0.717) is 35.3 Å². The summed E-state index contributed by atoms with van der Waals surface area (Å²) in [4.78, 5) is 18.0. The summed E-state index contributed by atoms with van der Waals surface area (Å²) in [5.41, 5.74) is 3.35. The van der Waals surface area contributed by atoms with Gasteiger partial charge in [-0.3, -0.25) is 9.48 Å². The minimum atomic E-state index is -0.723. The first-order valence-electron chi connectivity index (χ1n) is 9.50. The zero-order valence-electron chi connectivity index (χ0n) is 16.6. The molecule has 154 valence electrons. The fourth-order valence-corrected chi connectivity index (χ4v) is 3.48. The van der Waals surface area contributed by atoms with E-state index in [1.54, 1.807) is 11.8 Å². The summed E-state index contributed by atoms with van der Waals surface area (Å²) in [6, 6.07) is 16.9. The Morgan fingerprint density at radius 2 is 2.03 bits per heavy atom. The molecular weight excluding hydrogens is 404 g/mol. The van der Waals surface area contributed by atoms with Crippen LogP contribution in [0.25, 0.3) is 0 Å². The fourth-order valence-electron chi connectivity index (χ4n) is 3.29. The highest BCUT2D eigenvalue weighted by atomic mass is 35.5. The summed E-state index contributed by atoms with van der Waals surface area (Å²) >= 11 is 6.24. The van der Waals surface area contributed by atoms with Crippen LogP contribution in [-0.2, 0) is 16.2 Å². The van der Waals surface area contributed by atoms with Gasteiger partial charge < -0.3 is 14.9 Å². The second kappa shape index (κ2) is 8.59. The minimum absolute atomic E-state index is 0.300. The first-order chi connectivity index (χ1) is 14.5. The van der Waals surface area contributed by atoms with E-state index in [1.165, 1.54) is 0 Å². The Kier molecular flexibility index (Phi) is 5.72. The maximum atomic E-state index is 12.7. The normalized spacial score (nSPS) is 15.4. The second-order valence-corrected chi connectivity index (χ2v) is 7.35. The average molecular weight is 425 g/mol. The third kappa shape index (κ3) is 4.16. The molecule has 1 aromatic heterocycles. The summed E-state index contributed by atoms with van der Waals surface area (Å²) in [6.45, 7) is 2.44. The van der Waals surface area contributed by atoms with Crippen LogP contribution in [0.3, 0.4) is 0 Å². The predicted octanol–water partition coefficient (Wildman–Crippen LogP) is 4.03. The molecule has 4 rings (SSSR count). The number of hydrogen-bond donors (Lipinski definition) is 1. The summed E-state index contributed by atoms with van der Waals surface area (Å²) in [5.74, 6) is 0.847. The number of carbonyl (C=O) groups excluding carboxylic acids is 1. The molecule has 30 heavy (non-hydrogen) atoms. The van der Waals surface area contributed by atoms with Crippen LogP contribution in [0.5, 0.6) is 5.75 Å². The van der Waals surface area contributed by atoms with E-state index in [1.807, 2.05) is 61.5 Å². The number of ether oxygens (including phenoxy) is 1. The van der Waals surface area contributed by atoms with Crippen molar-refractivity contribution in [3.8, 4) is 5.75 Å². The number of nitrogens with one attached hydrogen (secondary N) is 1. The summed E-state index contributed by atoms with van der Waals surface area (Å²) in [6.07, 6.45) is -0.371. The Hall–Kier alpha value is -3.32. The van der Waals surface area contributed by atoms with Gasteiger partial charge in [0, 0.05) is 28.8 Å². The highest BCUT2D eigenvalue weighted by Gasteiger charge is 2.30. The van der Waals surface area contributed by atoms with Crippen molar-refractivity contribution in [2.45, 2.75) is 26.0 Å². The zero-order chi connectivity index (χ0) is 21.1. The highest BCUT2D eigenvalue weighted by Crippen LogP contribution is 2.25. The average Bonchev–Trinajstić information content (AvgIpc) is 3.37. The van der Waals surface area contributed by atoms with E-state index in [9.17, 15) is 4.79 Å². The van der Waals surface area contributed by atoms with Crippen molar-refractivity contribution in [3.05, 3.63) is 76.4 Å². The first kappa shape index (κ1) is 20.0. The number of hydrogen-bond acceptors (Lipinski definition) is 5. The van der Waals surface area contributed by atoms with Crippen LogP contribution in [0.4, 0.5) is 5.82 Å². The molecule has 0 spiro atoms.